The minimum Gasteiger partial charge on any atom is -0.379 e. The van der Waals surface area contributed by atoms with Gasteiger partial charge >= 0.3 is 0 Å². The van der Waals surface area contributed by atoms with Crippen LogP contribution in [0.2, 0.25) is 0 Å². The molecular formula is C23H30N4O3. The molecule has 0 unspecified atom stereocenters. The number of pyridine rings is 1. The molecule has 2 amide bonds. The Morgan fingerprint density at radius 3 is 2.43 bits per heavy atom. The maximum atomic E-state index is 13.1. The minimum atomic E-state index is -0.109. The first-order valence-electron chi connectivity index (χ1n) is 10.4. The first-order valence-corrected chi connectivity index (χ1v) is 10.4. The van der Waals surface area contributed by atoms with Crippen molar-refractivity contribution in [1.82, 2.24) is 14.8 Å². The number of nitrogens with one attached hydrogen (secondary N) is 1. The fourth-order valence-corrected chi connectivity index (χ4v) is 3.51. The molecule has 1 aromatic carbocycles. The van der Waals surface area contributed by atoms with Crippen molar-refractivity contribution >= 4 is 17.5 Å². The van der Waals surface area contributed by atoms with Crippen LogP contribution in [0.4, 0.5) is 5.69 Å². The summed E-state index contributed by atoms with van der Waals surface area (Å²) in [6.45, 7) is 7.22. The predicted molar refractivity (Wildman–Crippen MR) is 116 cm³/mol. The average Bonchev–Trinajstić information content (AvgIpc) is 2.75. The molecule has 3 rings (SSSR count). The van der Waals surface area contributed by atoms with E-state index in [9.17, 15) is 9.59 Å². The number of ether oxygens (including phenoxy) is 1. The molecule has 7 nitrogen and oxygen atoms in total. The molecule has 7 heteroatoms. The van der Waals surface area contributed by atoms with Gasteiger partial charge in [0.15, 0.2) is 0 Å². The Bertz CT molecular complexity index is 805. The fraction of sp³-hybridized carbons (Fsp3) is 0.435. The third-order valence-corrected chi connectivity index (χ3v) is 5.11. The van der Waals surface area contributed by atoms with Crippen LogP contribution >= 0.6 is 0 Å². The topological polar surface area (TPSA) is 74.8 Å². The maximum Gasteiger partial charge on any atom is 0.227 e. The summed E-state index contributed by atoms with van der Waals surface area (Å²) in [5.74, 6) is -0.0105. The molecule has 0 radical (unpaired) electrons. The molecule has 2 heterocycles. The number of hydrogen-bond donors (Lipinski definition) is 1. The minimum absolute atomic E-state index is 0.0982. The van der Waals surface area contributed by atoms with Gasteiger partial charge in [-0.3, -0.25) is 19.5 Å². The van der Waals surface area contributed by atoms with Gasteiger partial charge in [-0.2, -0.15) is 0 Å². The second kappa shape index (κ2) is 11.4. The van der Waals surface area contributed by atoms with Gasteiger partial charge in [0, 0.05) is 57.7 Å². The van der Waals surface area contributed by atoms with Gasteiger partial charge in [0.1, 0.15) is 0 Å². The van der Waals surface area contributed by atoms with Gasteiger partial charge in [-0.15, -0.1) is 0 Å². The Balaban J connectivity index is 1.59. The summed E-state index contributed by atoms with van der Waals surface area (Å²) in [7, 11) is 0. The molecule has 1 aromatic heterocycles. The standard InChI is InChI=1S/C23H30N4O3/c1-19(28)25-22-5-3-20(4-6-22)17-23(29)27(18-21-7-9-24-10-8-21)12-2-11-26-13-15-30-16-14-26/h3-10H,2,11-18H2,1H3,(H,25,28). The number of hydrogen-bond acceptors (Lipinski definition) is 5. The zero-order valence-corrected chi connectivity index (χ0v) is 17.5. The number of morpholine rings is 1. The highest BCUT2D eigenvalue weighted by atomic mass is 16.5. The zero-order valence-electron chi connectivity index (χ0n) is 17.5. The van der Waals surface area contributed by atoms with Crippen molar-refractivity contribution in [3.05, 3.63) is 59.9 Å². The number of rotatable bonds is 9. The molecule has 1 saturated heterocycles. The van der Waals surface area contributed by atoms with E-state index in [0.717, 1.165) is 56.1 Å². The van der Waals surface area contributed by atoms with Gasteiger partial charge in [0.05, 0.1) is 19.6 Å². The number of anilines is 1. The van der Waals surface area contributed by atoms with Crippen LogP contribution < -0.4 is 5.32 Å². The van der Waals surface area contributed by atoms with Crippen molar-refractivity contribution in [3.8, 4) is 0 Å². The highest BCUT2D eigenvalue weighted by molar-refractivity contribution is 5.88. The van der Waals surface area contributed by atoms with Crippen molar-refractivity contribution in [3.63, 3.8) is 0 Å². The number of carbonyl (C=O) groups excluding carboxylic acids is 2. The first-order chi connectivity index (χ1) is 14.6. The largest absolute Gasteiger partial charge is 0.379 e. The number of nitrogens with zero attached hydrogens (tertiary/aromatic N) is 3. The first kappa shape index (κ1) is 21.9. The van der Waals surface area contributed by atoms with E-state index in [1.54, 1.807) is 12.4 Å². The van der Waals surface area contributed by atoms with E-state index in [1.807, 2.05) is 41.3 Å². The second-order valence-corrected chi connectivity index (χ2v) is 7.53. The van der Waals surface area contributed by atoms with Crippen molar-refractivity contribution in [2.45, 2.75) is 26.3 Å². The molecular weight excluding hydrogens is 380 g/mol. The molecule has 1 aliphatic heterocycles. The molecule has 2 aromatic rings. The molecule has 0 bridgehead atoms. The SMILES string of the molecule is CC(=O)Nc1ccc(CC(=O)N(CCCN2CCOCC2)Cc2ccncc2)cc1. The number of carbonyl (C=O) groups is 2. The van der Waals surface area contributed by atoms with Crippen LogP contribution in [-0.2, 0) is 27.3 Å². The van der Waals surface area contributed by atoms with Crippen molar-refractivity contribution < 1.29 is 14.3 Å². The van der Waals surface area contributed by atoms with Crippen LogP contribution in [0.1, 0.15) is 24.5 Å². The Labute approximate surface area is 178 Å². The molecule has 0 saturated carbocycles. The monoisotopic (exact) mass is 410 g/mol. The van der Waals surface area contributed by atoms with Crippen molar-refractivity contribution in [2.24, 2.45) is 0 Å². The van der Waals surface area contributed by atoms with Crippen LogP contribution in [0.25, 0.3) is 0 Å². The van der Waals surface area contributed by atoms with E-state index >= 15 is 0 Å². The van der Waals surface area contributed by atoms with Gasteiger partial charge in [0.25, 0.3) is 0 Å². The Morgan fingerprint density at radius 1 is 1.07 bits per heavy atom. The van der Waals surface area contributed by atoms with Crippen molar-refractivity contribution in [1.29, 1.82) is 0 Å². The fourth-order valence-electron chi connectivity index (χ4n) is 3.51. The molecule has 0 atom stereocenters. The summed E-state index contributed by atoms with van der Waals surface area (Å²) >= 11 is 0. The summed E-state index contributed by atoms with van der Waals surface area (Å²) in [4.78, 5) is 32.6. The van der Waals surface area contributed by atoms with Gasteiger partial charge in [-0.1, -0.05) is 12.1 Å². The normalized spacial score (nSPS) is 14.3. The molecule has 1 aliphatic rings. The van der Waals surface area contributed by atoms with Crippen LogP contribution in [0.5, 0.6) is 0 Å². The highest BCUT2D eigenvalue weighted by Crippen LogP contribution is 2.13. The smallest absolute Gasteiger partial charge is 0.227 e. The lowest BCUT2D eigenvalue weighted by atomic mass is 10.1. The summed E-state index contributed by atoms with van der Waals surface area (Å²) < 4.78 is 5.41. The molecule has 0 spiro atoms. The lowest BCUT2D eigenvalue weighted by molar-refractivity contribution is -0.131. The Morgan fingerprint density at radius 2 is 1.77 bits per heavy atom. The highest BCUT2D eigenvalue weighted by Gasteiger charge is 2.16. The molecule has 160 valence electrons. The quantitative estimate of drug-likeness (QED) is 0.687. The van der Waals surface area contributed by atoms with E-state index < -0.39 is 0 Å². The lowest BCUT2D eigenvalue weighted by Gasteiger charge is -2.28. The summed E-state index contributed by atoms with van der Waals surface area (Å²) in [6.07, 6.45) is 4.78. The van der Waals surface area contributed by atoms with Crippen molar-refractivity contribution in [2.75, 3.05) is 44.7 Å². The number of aromatic nitrogens is 1. The number of amides is 2. The summed E-state index contributed by atoms with van der Waals surface area (Å²) in [5, 5.41) is 2.75. The van der Waals surface area contributed by atoms with Crippen LogP contribution in [0.3, 0.4) is 0 Å². The average molecular weight is 411 g/mol. The number of benzene rings is 1. The Hall–Kier alpha value is -2.77. The molecule has 0 aliphatic carbocycles. The van der Waals surface area contributed by atoms with Crippen LogP contribution in [0, 0.1) is 0 Å². The lowest BCUT2D eigenvalue weighted by Crippen LogP contribution is -2.39. The van der Waals surface area contributed by atoms with E-state index in [4.69, 9.17) is 4.74 Å². The molecule has 30 heavy (non-hydrogen) atoms. The van der Waals surface area contributed by atoms with Gasteiger partial charge < -0.3 is 15.0 Å². The third-order valence-electron chi connectivity index (χ3n) is 5.11. The van der Waals surface area contributed by atoms with Gasteiger partial charge in [0.2, 0.25) is 11.8 Å². The molecule has 1 fully saturated rings. The zero-order chi connectivity index (χ0) is 21.2. The van der Waals surface area contributed by atoms with Gasteiger partial charge in [-0.25, -0.2) is 0 Å². The third kappa shape index (κ3) is 7.24. The van der Waals surface area contributed by atoms with Crippen LogP contribution in [0.15, 0.2) is 48.8 Å². The second-order valence-electron chi connectivity index (χ2n) is 7.53. The van der Waals surface area contributed by atoms with E-state index in [2.05, 4.69) is 15.2 Å². The van der Waals surface area contributed by atoms with E-state index in [0.29, 0.717) is 19.5 Å². The van der Waals surface area contributed by atoms with E-state index in [-0.39, 0.29) is 11.8 Å². The maximum absolute atomic E-state index is 13.1. The van der Waals surface area contributed by atoms with E-state index in [1.165, 1.54) is 6.92 Å². The summed E-state index contributed by atoms with van der Waals surface area (Å²) in [5.41, 5.74) is 2.74. The Kier molecular flexibility index (Phi) is 8.35. The molecule has 1 N–H and O–H groups in total. The predicted octanol–water partition coefficient (Wildman–Crippen LogP) is 2.33. The van der Waals surface area contributed by atoms with Gasteiger partial charge in [-0.05, 0) is 41.8 Å². The van der Waals surface area contributed by atoms with Crippen LogP contribution in [-0.4, -0.2) is 66.0 Å². The summed E-state index contributed by atoms with van der Waals surface area (Å²) in [6, 6.07) is 11.3.